The average Bonchev–Trinajstić information content (AvgIpc) is 2.85. The highest BCUT2D eigenvalue weighted by Crippen LogP contribution is 2.16. The quantitative estimate of drug-likeness (QED) is 0.880. The highest BCUT2D eigenvalue weighted by molar-refractivity contribution is 7.07. The molecule has 2 aromatic rings. The van der Waals surface area contributed by atoms with Crippen LogP contribution in [0, 0.1) is 5.92 Å². The number of nitrogens with zero attached hydrogens (tertiary/aromatic N) is 3. The summed E-state index contributed by atoms with van der Waals surface area (Å²) in [5.41, 5.74) is 2.42. The molecule has 0 saturated heterocycles. The van der Waals surface area contributed by atoms with Gasteiger partial charge in [-0.05, 0) is 5.92 Å². The van der Waals surface area contributed by atoms with E-state index in [9.17, 15) is 5.11 Å². The summed E-state index contributed by atoms with van der Waals surface area (Å²) in [5.74, 6) is 1.10. The Morgan fingerprint density at radius 1 is 1.50 bits per heavy atom. The van der Waals surface area contributed by atoms with Gasteiger partial charge in [-0.1, -0.05) is 19.0 Å². The Hall–Kier alpha value is -1.27. The minimum Gasteiger partial charge on any atom is -0.392 e. The molecule has 0 aliphatic heterocycles. The van der Waals surface area contributed by atoms with Crippen molar-refractivity contribution in [1.29, 1.82) is 0 Å². The number of aliphatic hydroxyl groups excluding tert-OH is 1. The van der Waals surface area contributed by atoms with Gasteiger partial charge in [0.15, 0.2) is 0 Å². The minimum absolute atomic E-state index is 0.176. The fourth-order valence-electron chi connectivity index (χ4n) is 1.18. The Morgan fingerprint density at radius 2 is 2.31 bits per heavy atom. The molecule has 86 valence electrons. The third kappa shape index (κ3) is 2.45. The monoisotopic (exact) mass is 239 g/mol. The molecule has 5 nitrogen and oxygen atoms in total. The molecule has 2 aromatic heterocycles. The van der Waals surface area contributed by atoms with Crippen LogP contribution in [0.5, 0.6) is 0 Å². The van der Waals surface area contributed by atoms with E-state index >= 15 is 0 Å². The van der Waals surface area contributed by atoms with Gasteiger partial charge < -0.3 is 9.63 Å². The highest BCUT2D eigenvalue weighted by atomic mass is 32.1. The van der Waals surface area contributed by atoms with Crippen molar-refractivity contribution in [2.75, 3.05) is 0 Å². The van der Waals surface area contributed by atoms with E-state index < -0.39 is 6.10 Å². The first-order valence-corrected chi connectivity index (χ1v) is 6.00. The van der Waals surface area contributed by atoms with E-state index in [2.05, 4.69) is 15.1 Å². The van der Waals surface area contributed by atoms with E-state index in [4.69, 9.17) is 4.52 Å². The van der Waals surface area contributed by atoms with Crippen LogP contribution in [0.15, 0.2) is 15.4 Å². The van der Waals surface area contributed by atoms with Crippen molar-refractivity contribution in [1.82, 2.24) is 15.1 Å². The average molecular weight is 239 g/mol. The van der Waals surface area contributed by atoms with Gasteiger partial charge in [0.05, 0.1) is 18.0 Å². The van der Waals surface area contributed by atoms with Crippen molar-refractivity contribution in [3.8, 4) is 11.5 Å². The lowest BCUT2D eigenvalue weighted by Crippen LogP contribution is -2.17. The summed E-state index contributed by atoms with van der Waals surface area (Å²) in [5, 5.41) is 15.4. The van der Waals surface area contributed by atoms with Crippen LogP contribution in [0.4, 0.5) is 0 Å². The predicted octanol–water partition coefficient (Wildman–Crippen LogP) is 1.75. The molecule has 2 rings (SSSR count). The molecule has 0 saturated carbocycles. The maximum atomic E-state index is 9.68. The van der Waals surface area contributed by atoms with Crippen molar-refractivity contribution >= 4 is 11.3 Å². The van der Waals surface area contributed by atoms with Gasteiger partial charge in [-0.25, -0.2) is 4.98 Å². The molecule has 0 amide bonds. The second-order valence-electron chi connectivity index (χ2n) is 3.90. The van der Waals surface area contributed by atoms with Crippen molar-refractivity contribution in [3.63, 3.8) is 0 Å². The molecule has 0 radical (unpaired) electrons. The van der Waals surface area contributed by atoms with E-state index in [1.807, 2.05) is 19.2 Å². The van der Waals surface area contributed by atoms with Crippen LogP contribution in [-0.4, -0.2) is 26.3 Å². The predicted molar refractivity (Wildman–Crippen MR) is 60.0 cm³/mol. The fourth-order valence-corrected chi connectivity index (χ4v) is 1.71. The smallest absolute Gasteiger partial charge is 0.229 e. The van der Waals surface area contributed by atoms with E-state index in [0.717, 1.165) is 0 Å². The number of aromatic nitrogens is 3. The zero-order valence-corrected chi connectivity index (χ0v) is 9.94. The van der Waals surface area contributed by atoms with E-state index in [-0.39, 0.29) is 5.92 Å². The second-order valence-corrected chi connectivity index (χ2v) is 4.62. The van der Waals surface area contributed by atoms with E-state index in [0.29, 0.717) is 23.8 Å². The van der Waals surface area contributed by atoms with Crippen molar-refractivity contribution < 1.29 is 9.63 Å². The Bertz CT molecular complexity index is 439. The summed E-state index contributed by atoms with van der Waals surface area (Å²) >= 11 is 1.48. The largest absolute Gasteiger partial charge is 0.392 e. The zero-order chi connectivity index (χ0) is 11.5. The van der Waals surface area contributed by atoms with Crippen molar-refractivity contribution in [3.05, 3.63) is 16.8 Å². The van der Waals surface area contributed by atoms with Gasteiger partial charge in [0.1, 0.15) is 5.69 Å². The van der Waals surface area contributed by atoms with Gasteiger partial charge in [0.2, 0.25) is 11.7 Å². The molecule has 1 unspecified atom stereocenters. The van der Waals surface area contributed by atoms with Gasteiger partial charge in [0, 0.05) is 5.38 Å². The van der Waals surface area contributed by atoms with Gasteiger partial charge >= 0.3 is 0 Å². The summed E-state index contributed by atoms with van der Waals surface area (Å²) in [6, 6.07) is 0. The van der Waals surface area contributed by atoms with Crippen LogP contribution >= 0.6 is 11.3 Å². The maximum absolute atomic E-state index is 9.68. The van der Waals surface area contributed by atoms with Gasteiger partial charge in [-0.3, -0.25) is 0 Å². The first-order chi connectivity index (χ1) is 7.66. The lowest BCUT2D eigenvalue weighted by molar-refractivity contribution is 0.116. The lowest BCUT2D eigenvalue weighted by Gasteiger charge is -2.10. The van der Waals surface area contributed by atoms with Crippen molar-refractivity contribution in [2.24, 2.45) is 5.92 Å². The molecule has 0 fully saturated rings. The van der Waals surface area contributed by atoms with Crippen LogP contribution in [0.2, 0.25) is 0 Å². The zero-order valence-electron chi connectivity index (χ0n) is 9.12. The summed E-state index contributed by atoms with van der Waals surface area (Å²) in [6.07, 6.45) is -0.0711. The normalized spacial score (nSPS) is 13.2. The first kappa shape index (κ1) is 11.2. The molecule has 6 heteroatoms. The Morgan fingerprint density at radius 3 is 2.94 bits per heavy atom. The topological polar surface area (TPSA) is 72.0 Å². The molecule has 2 heterocycles. The molecule has 0 aliphatic carbocycles. The molecule has 1 N–H and O–H groups in total. The third-order valence-electron chi connectivity index (χ3n) is 2.28. The number of aliphatic hydroxyl groups is 1. The standard InChI is InChI=1S/C10H13N3O2S/c1-6(2)8(14)3-9-12-10(13-15-9)7-4-16-5-11-7/h4-6,8,14H,3H2,1-2H3. The summed E-state index contributed by atoms with van der Waals surface area (Å²) in [6.45, 7) is 3.89. The van der Waals surface area contributed by atoms with Crippen LogP contribution in [-0.2, 0) is 6.42 Å². The SMILES string of the molecule is CC(C)C(O)Cc1nc(-c2cscn2)no1. The van der Waals surface area contributed by atoms with Gasteiger partial charge in [0.25, 0.3) is 0 Å². The Kier molecular flexibility index (Phi) is 3.31. The second kappa shape index (κ2) is 4.71. The number of hydrogen-bond donors (Lipinski definition) is 1. The van der Waals surface area contributed by atoms with Gasteiger partial charge in [-0.2, -0.15) is 4.98 Å². The van der Waals surface area contributed by atoms with Crippen LogP contribution in [0.25, 0.3) is 11.5 Å². The molecule has 0 spiro atoms. The molecule has 0 bridgehead atoms. The van der Waals surface area contributed by atoms with Crippen LogP contribution < -0.4 is 0 Å². The Balaban J connectivity index is 2.08. The molecule has 16 heavy (non-hydrogen) atoms. The summed E-state index contributed by atoms with van der Waals surface area (Å²) in [4.78, 5) is 8.27. The maximum Gasteiger partial charge on any atom is 0.229 e. The molecular formula is C10H13N3O2S. The first-order valence-electron chi connectivity index (χ1n) is 5.06. The minimum atomic E-state index is -0.455. The molecular weight excluding hydrogens is 226 g/mol. The molecule has 0 aliphatic rings. The van der Waals surface area contributed by atoms with E-state index in [1.54, 1.807) is 5.51 Å². The summed E-state index contributed by atoms with van der Waals surface area (Å²) in [7, 11) is 0. The molecule has 0 aromatic carbocycles. The lowest BCUT2D eigenvalue weighted by atomic mass is 10.0. The van der Waals surface area contributed by atoms with Gasteiger partial charge in [-0.15, -0.1) is 11.3 Å². The van der Waals surface area contributed by atoms with Crippen LogP contribution in [0.1, 0.15) is 19.7 Å². The third-order valence-corrected chi connectivity index (χ3v) is 2.87. The summed E-state index contributed by atoms with van der Waals surface area (Å²) < 4.78 is 5.05. The highest BCUT2D eigenvalue weighted by Gasteiger charge is 2.16. The number of rotatable bonds is 4. The number of hydrogen-bond acceptors (Lipinski definition) is 6. The van der Waals surface area contributed by atoms with Crippen molar-refractivity contribution in [2.45, 2.75) is 26.4 Å². The number of thiazole rings is 1. The van der Waals surface area contributed by atoms with E-state index in [1.165, 1.54) is 11.3 Å². The Labute approximate surface area is 97.2 Å². The van der Waals surface area contributed by atoms with Crippen LogP contribution in [0.3, 0.4) is 0 Å². The molecule has 1 atom stereocenters. The fraction of sp³-hybridized carbons (Fsp3) is 0.500.